The molecule has 0 atom stereocenters. The van der Waals surface area contributed by atoms with Gasteiger partial charge < -0.3 is 10.1 Å². The summed E-state index contributed by atoms with van der Waals surface area (Å²) in [7, 11) is 0. The molecule has 0 aliphatic rings. The van der Waals surface area contributed by atoms with Gasteiger partial charge in [0.25, 0.3) is 0 Å². The number of phenolic OH excluding ortho intramolecular Hbond substituents is 1. The molecule has 6 heteroatoms. The van der Waals surface area contributed by atoms with E-state index in [0.29, 0.717) is 22.1 Å². The van der Waals surface area contributed by atoms with Crippen LogP contribution in [0.2, 0.25) is 5.02 Å². The Bertz CT molecular complexity index is 755. The van der Waals surface area contributed by atoms with E-state index in [4.69, 9.17) is 11.6 Å². The summed E-state index contributed by atoms with van der Waals surface area (Å²) >= 11 is 6.07. The monoisotopic (exact) mass is 289 g/mol. The molecule has 0 saturated heterocycles. The number of H-pyrrole nitrogens is 1. The van der Waals surface area contributed by atoms with Crippen LogP contribution < -0.4 is 0 Å². The lowest BCUT2D eigenvalue weighted by molar-refractivity contribution is 0.475. The zero-order chi connectivity index (χ0) is 14.1. The first-order valence-electron chi connectivity index (χ1n) is 5.79. The third-order valence-corrected chi connectivity index (χ3v) is 3.13. The molecule has 0 radical (unpaired) electrons. The van der Waals surface area contributed by atoms with Gasteiger partial charge >= 0.3 is 0 Å². The number of hydrogen-bond donors (Lipinski definition) is 2. The summed E-state index contributed by atoms with van der Waals surface area (Å²) in [5.74, 6) is 0.125. The van der Waals surface area contributed by atoms with Gasteiger partial charge in [-0.25, -0.2) is 9.97 Å². The Morgan fingerprint density at radius 1 is 1.10 bits per heavy atom. The Balaban J connectivity index is 1.99. The van der Waals surface area contributed by atoms with E-state index in [2.05, 4.69) is 15.0 Å². The van der Waals surface area contributed by atoms with Gasteiger partial charge in [-0.2, -0.15) is 4.39 Å². The molecule has 3 rings (SSSR count). The number of pyridine rings is 1. The highest BCUT2D eigenvalue weighted by Crippen LogP contribution is 2.30. The number of aromatic nitrogens is 3. The molecule has 0 unspecified atom stereocenters. The number of nitrogens with zero attached hydrogens (tertiary/aromatic N) is 2. The van der Waals surface area contributed by atoms with Crippen LogP contribution in [0.1, 0.15) is 0 Å². The van der Waals surface area contributed by atoms with Crippen LogP contribution in [0.4, 0.5) is 4.39 Å². The van der Waals surface area contributed by atoms with Crippen LogP contribution in [-0.4, -0.2) is 20.1 Å². The van der Waals surface area contributed by atoms with Crippen LogP contribution in [0.15, 0.2) is 42.7 Å². The highest BCUT2D eigenvalue weighted by atomic mass is 35.5. The molecular weight excluding hydrogens is 281 g/mol. The zero-order valence-electron chi connectivity index (χ0n) is 10.1. The van der Waals surface area contributed by atoms with Crippen molar-refractivity contribution in [1.29, 1.82) is 0 Å². The van der Waals surface area contributed by atoms with E-state index in [1.807, 2.05) is 0 Å². The minimum absolute atomic E-state index is 0.0984. The molecule has 100 valence electrons. The first-order chi connectivity index (χ1) is 9.63. The van der Waals surface area contributed by atoms with Crippen molar-refractivity contribution in [3.05, 3.63) is 53.7 Å². The molecular formula is C14H9ClFN3O. The lowest BCUT2D eigenvalue weighted by Gasteiger charge is -2.02. The van der Waals surface area contributed by atoms with Crippen molar-refractivity contribution in [3.8, 4) is 28.4 Å². The van der Waals surface area contributed by atoms with Crippen molar-refractivity contribution < 1.29 is 9.50 Å². The average molecular weight is 290 g/mol. The van der Waals surface area contributed by atoms with Gasteiger partial charge in [0.15, 0.2) is 0 Å². The molecule has 3 aromatic rings. The molecule has 0 amide bonds. The Kier molecular flexibility index (Phi) is 3.12. The molecule has 2 heterocycles. The third kappa shape index (κ3) is 2.35. The number of aromatic amines is 1. The topological polar surface area (TPSA) is 61.8 Å². The van der Waals surface area contributed by atoms with Gasteiger partial charge in [-0.05, 0) is 30.3 Å². The van der Waals surface area contributed by atoms with E-state index in [1.165, 1.54) is 18.3 Å². The highest BCUT2D eigenvalue weighted by molar-refractivity contribution is 6.33. The normalized spacial score (nSPS) is 10.7. The van der Waals surface area contributed by atoms with E-state index in [1.54, 1.807) is 24.4 Å². The van der Waals surface area contributed by atoms with E-state index in [0.717, 1.165) is 5.56 Å². The lowest BCUT2D eigenvalue weighted by Crippen LogP contribution is -1.85. The molecule has 0 aliphatic heterocycles. The summed E-state index contributed by atoms with van der Waals surface area (Å²) < 4.78 is 12.8. The van der Waals surface area contributed by atoms with Crippen molar-refractivity contribution in [1.82, 2.24) is 15.0 Å². The number of phenols is 1. The maximum atomic E-state index is 12.8. The summed E-state index contributed by atoms with van der Waals surface area (Å²) in [6.07, 6.45) is 3.02. The van der Waals surface area contributed by atoms with Crippen molar-refractivity contribution in [2.24, 2.45) is 0 Å². The number of nitrogens with one attached hydrogen (secondary N) is 1. The summed E-state index contributed by atoms with van der Waals surface area (Å²) in [5.41, 5.74) is 2.10. The van der Waals surface area contributed by atoms with Crippen molar-refractivity contribution in [2.45, 2.75) is 0 Å². The van der Waals surface area contributed by atoms with Crippen LogP contribution >= 0.6 is 11.6 Å². The fraction of sp³-hybridized carbons (Fsp3) is 0. The van der Waals surface area contributed by atoms with Gasteiger partial charge in [-0.3, -0.25) is 0 Å². The van der Waals surface area contributed by atoms with Crippen LogP contribution in [-0.2, 0) is 0 Å². The number of benzene rings is 1. The van der Waals surface area contributed by atoms with Crippen molar-refractivity contribution >= 4 is 11.6 Å². The first kappa shape index (κ1) is 12.6. The zero-order valence-corrected chi connectivity index (χ0v) is 10.9. The second-order valence-electron chi connectivity index (χ2n) is 4.18. The Morgan fingerprint density at radius 3 is 2.65 bits per heavy atom. The number of hydrogen-bond acceptors (Lipinski definition) is 3. The molecule has 0 bridgehead atoms. The first-order valence-corrected chi connectivity index (χ1v) is 6.17. The fourth-order valence-corrected chi connectivity index (χ4v) is 2.12. The standard InChI is InChI=1S/C14H9ClFN3O/c15-11-5-9(20)2-3-10(11)12-7-18-14(19-12)8-1-4-13(16)17-6-8/h1-7,20H,(H,18,19). The lowest BCUT2D eigenvalue weighted by atomic mass is 10.1. The smallest absolute Gasteiger partial charge is 0.212 e. The minimum atomic E-state index is -0.540. The molecule has 20 heavy (non-hydrogen) atoms. The molecule has 4 nitrogen and oxygen atoms in total. The van der Waals surface area contributed by atoms with Gasteiger partial charge in [0.05, 0.1) is 16.9 Å². The third-order valence-electron chi connectivity index (χ3n) is 2.82. The predicted octanol–water partition coefficient (Wildman–Crippen LogP) is 3.64. The summed E-state index contributed by atoms with van der Waals surface area (Å²) in [6.45, 7) is 0. The molecule has 2 N–H and O–H groups in total. The SMILES string of the molecule is Oc1ccc(-c2cnc(-c3ccc(F)nc3)[nH]2)c(Cl)c1. The Morgan fingerprint density at radius 2 is 1.95 bits per heavy atom. The van der Waals surface area contributed by atoms with E-state index < -0.39 is 5.95 Å². The second-order valence-corrected chi connectivity index (χ2v) is 4.59. The van der Waals surface area contributed by atoms with Gasteiger partial charge in [-0.15, -0.1) is 0 Å². The number of imidazole rings is 1. The second kappa shape index (κ2) is 4.94. The van der Waals surface area contributed by atoms with E-state index >= 15 is 0 Å². The molecule has 0 fully saturated rings. The van der Waals surface area contributed by atoms with Crippen LogP contribution in [0.3, 0.4) is 0 Å². The van der Waals surface area contributed by atoms with Crippen LogP contribution in [0.5, 0.6) is 5.75 Å². The fourth-order valence-electron chi connectivity index (χ4n) is 1.84. The summed E-state index contributed by atoms with van der Waals surface area (Å²) in [6, 6.07) is 7.55. The summed E-state index contributed by atoms with van der Waals surface area (Å²) in [4.78, 5) is 10.9. The molecule has 0 saturated carbocycles. The quantitative estimate of drug-likeness (QED) is 0.708. The van der Waals surface area contributed by atoms with Crippen LogP contribution in [0.25, 0.3) is 22.6 Å². The number of rotatable bonds is 2. The largest absolute Gasteiger partial charge is 0.508 e. The van der Waals surface area contributed by atoms with Crippen LogP contribution in [0, 0.1) is 5.95 Å². The van der Waals surface area contributed by atoms with E-state index in [9.17, 15) is 9.50 Å². The van der Waals surface area contributed by atoms with Gasteiger partial charge in [0.2, 0.25) is 5.95 Å². The van der Waals surface area contributed by atoms with Gasteiger partial charge in [0, 0.05) is 17.3 Å². The average Bonchev–Trinajstić information content (AvgIpc) is 2.89. The maximum absolute atomic E-state index is 12.8. The maximum Gasteiger partial charge on any atom is 0.212 e. The summed E-state index contributed by atoms with van der Waals surface area (Å²) in [5, 5.41) is 9.75. The molecule has 0 aliphatic carbocycles. The number of halogens is 2. The molecule has 2 aromatic heterocycles. The predicted molar refractivity (Wildman–Crippen MR) is 73.9 cm³/mol. The Hall–Kier alpha value is -2.40. The van der Waals surface area contributed by atoms with Gasteiger partial charge in [-0.1, -0.05) is 11.6 Å². The van der Waals surface area contributed by atoms with Crippen molar-refractivity contribution in [3.63, 3.8) is 0 Å². The number of aromatic hydroxyl groups is 1. The minimum Gasteiger partial charge on any atom is -0.508 e. The Labute approximate surface area is 118 Å². The molecule has 0 spiro atoms. The van der Waals surface area contributed by atoms with Crippen molar-refractivity contribution in [2.75, 3.05) is 0 Å². The van der Waals surface area contributed by atoms with E-state index in [-0.39, 0.29) is 5.75 Å². The van der Waals surface area contributed by atoms with Gasteiger partial charge in [0.1, 0.15) is 11.6 Å². The highest BCUT2D eigenvalue weighted by Gasteiger charge is 2.09. The molecule has 1 aromatic carbocycles.